The number of amides is 1. The number of esters is 1. The number of carbonyl (C=O) groups is 2. The smallest absolute Gasteiger partial charge is 0.404 e. The Morgan fingerprint density at radius 3 is 2.31 bits per heavy atom. The molecule has 0 spiro atoms. The Labute approximate surface area is 180 Å². The van der Waals surface area contributed by atoms with Gasteiger partial charge in [-0.2, -0.15) is 0 Å². The van der Waals surface area contributed by atoms with Crippen LogP contribution in [0.3, 0.4) is 0 Å². The van der Waals surface area contributed by atoms with Gasteiger partial charge in [0.05, 0.1) is 33.6 Å². The Kier molecular flexibility index (Phi) is 10.9. The van der Waals surface area contributed by atoms with Crippen LogP contribution in [0.25, 0.3) is 0 Å². The van der Waals surface area contributed by atoms with Gasteiger partial charge in [0.1, 0.15) is 0 Å². The molecule has 7 nitrogen and oxygen atoms in total. The summed E-state index contributed by atoms with van der Waals surface area (Å²) in [6.07, 6.45) is -0.711. The number of carbonyl (C=O) groups excluding carboxylic acids is 2. The van der Waals surface area contributed by atoms with Crippen molar-refractivity contribution in [3.05, 3.63) is 57.6 Å². The summed E-state index contributed by atoms with van der Waals surface area (Å²) in [7, 11) is 0. The van der Waals surface area contributed by atoms with E-state index in [0.29, 0.717) is 40.2 Å². The monoisotopic (exact) mass is 442 g/mol. The van der Waals surface area contributed by atoms with Crippen LogP contribution in [-0.2, 0) is 14.2 Å². The third kappa shape index (κ3) is 8.19. The largest absolute Gasteiger partial charge is 0.450 e. The van der Waals surface area contributed by atoms with Gasteiger partial charge < -0.3 is 25.3 Å². The number of primary amides is 1. The minimum Gasteiger partial charge on any atom is -0.450 e. The number of ether oxygens (including phenoxy) is 3. The number of para-hydroxylation sites is 1. The summed E-state index contributed by atoms with van der Waals surface area (Å²) in [5, 5.41) is 4.10. The van der Waals surface area contributed by atoms with Crippen LogP contribution in [0.4, 0.5) is 16.2 Å². The highest BCUT2D eigenvalue weighted by atomic mass is 35.5. The van der Waals surface area contributed by atoms with Gasteiger partial charge in [-0.15, -0.1) is 0 Å². The molecule has 3 N–H and O–H groups in total. The number of benzene rings is 2. The van der Waals surface area contributed by atoms with Crippen molar-refractivity contribution in [1.29, 1.82) is 0 Å². The van der Waals surface area contributed by atoms with Crippen LogP contribution in [-0.4, -0.2) is 32.1 Å². The summed E-state index contributed by atoms with van der Waals surface area (Å²) in [5.41, 5.74) is 6.91. The second-order valence-corrected chi connectivity index (χ2v) is 6.30. The molecular weight excluding hydrogens is 419 g/mol. The third-order valence-corrected chi connectivity index (χ3v) is 4.26. The molecule has 0 saturated carbocycles. The molecular formula is C20H24Cl2N2O5. The zero-order valence-electron chi connectivity index (χ0n) is 16.5. The minimum atomic E-state index is -0.711. The average Bonchev–Trinajstić information content (AvgIpc) is 2.69. The molecule has 0 bridgehead atoms. The second-order valence-electron chi connectivity index (χ2n) is 5.52. The molecule has 2 aromatic carbocycles. The molecule has 158 valence electrons. The van der Waals surface area contributed by atoms with Crippen molar-refractivity contribution in [2.45, 2.75) is 20.8 Å². The molecule has 0 aliphatic rings. The van der Waals surface area contributed by atoms with Gasteiger partial charge in [0.2, 0.25) is 0 Å². The Bertz CT molecular complexity index is 831. The number of nitrogens with one attached hydrogen (secondary N) is 1. The minimum absolute atomic E-state index is 0.0877. The van der Waals surface area contributed by atoms with Gasteiger partial charge >= 0.3 is 12.1 Å². The fourth-order valence-electron chi connectivity index (χ4n) is 2.07. The Morgan fingerprint density at radius 1 is 1.03 bits per heavy atom. The molecule has 0 unspecified atom stereocenters. The standard InChI is InChI=1S/C17H17Cl2NO3.C3H7NO2/c1-3-22-10-23-17(21)12-6-4-5-7-14(12)20-16-13(18)9-8-11(2)15(16)19;1-2-6-3(4)5/h4-9,20H,3,10H2,1-2H3;2H2,1H3,(H2,4,5). The molecule has 0 saturated heterocycles. The molecule has 9 heteroatoms. The number of aryl methyl sites for hydroxylation is 1. The van der Waals surface area contributed by atoms with Gasteiger partial charge in [-0.3, -0.25) is 0 Å². The van der Waals surface area contributed by atoms with E-state index in [0.717, 1.165) is 5.56 Å². The number of anilines is 2. The molecule has 0 radical (unpaired) electrons. The lowest BCUT2D eigenvalue weighted by Gasteiger charge is -2.15. The molecule has 29 heavy (non-hydrogen) atoms. The van der Waals surface area contributed by atoms with E-state index in [1.807, 2.05) is 19.9 Å². The zero-order chi connectivity index (χ0) is 21.8. The topological polar surface area (TPSA) is 99.9 Å². The summed E-state index contributed by atoms with van der Waals surface area (Å²) < 4.78 is 14.3. The second kappa shape index (κ2) is 12.9. The number of hydrogen-bond acceptors (Lipinski definition) is 6. The lowest BCUT2D eigenvalue weighted by Crippen LogP contribution is -2.11. The molecule has 2 rings (SSSR count). The number of halogens is 2. The van der Waals surface area contributed by atoms with E-state index < -0.39 is 12.1 Å². The number of hydrogen-bond donors (Lipinski definition) is 2. The van der Waals surface area contributed by atoms with Crippen molar-refractivity contribution in [3.8, 4) is 0 Å². The molecule has 0 aliphatic heterocycles. The maximum absolute atomic E-state index is 12.2. The van der Waals surface area contributed by atoms with E-state index in [9.17, 15) is 9.59 Å². The van der Waals surface area contributed by atoms with Crippen LogP contribution in [0.15, 0.2) is 36.4 Å². The molecule has 1 amide bonds. The predicted molar refractivity (Wildman–Crippen MR) is 114 cm³/mol. The van der Waals surface area contributed by atoms with Crippen molar-refractivity contribution in [3.63, 3.8) is 0 Å². The van der Waals surface area contributed by atoms with Crippen molar-refractivity contribution in [2.24, 2.45) is 5.73 Å². The first-order chi connectivity index (χ1) is 13.8. The van der Waals surface area contributed by atoms with E-state index >= 15 is 0 Å². The van der Waals surface area contributed by atoms with Crippen molar-refractivity contribution in [2.75, 3.05) is 25.3 Å². The zero-order valence-corrected chi connectivity index (χ0v) is 18.0. The molecule has 0 aromatic heterocycles. The predicted octanol–water partition coefficient (Wildman–Crippen LogP) is 5.30. The first-order valence-electron chi connectivity index (χ1n) is 8.79. The number of rotatable bonds is 7. The number of nitrogens with two attached hydrogens (primary N) is 1. The highest BCUT2D eigenvalue weighted by molar-refractivity contribution is 6.39. The summed E-state index contributed by atoms with van der Waals surface area (Å²) in [5.74, 6) is -0.485. The van der Waals surface area contributed by atoms with Gasteiger partial charge in [-0.1, -0.05) is 41.4 Å². The summed E-state index contributed by atoms with van der Waals surface area (Å²) >= 11 is 12.5. The van der Waals surface area contributed by atoms with Gasteiger partial charge in [-0.25, -0.2) is 9.59 Å². The van der Waals surface area contributed by atoms with Crippen LogP contribution in [0.2, 0.25) is 10.0 Å². The van der Waals surface area contributed by atoms with E-state index in [2.05, 4.69) is 15.8 Å². The van der Waals surface area contributed by atoms with Crippen LogP contribution >= 0.6 is 23.2 Å². The van der Waals surface area contributed by atoms with E-state index in [-0.39, 0.29) is 6.79 Å². The average molecular weight is 443 g/mol. The molecule has 0 aliphatic carbocycles. The third-order valence-electron chi connectivity index (χ3n) is 3.45. The summed E-state index contributed by atoms with van der Waals surface area (Å²) in [6.45, 7) is 6.15. The molecule has 0 atom stereocenters. The SMILES string of the molecule is CCOC(N)=O.CCOCOC(=O)c1ccccc1Nc1c(Cl)ccc(C)c1Cl. The maximum atomic E-state index is 12.2. The Balaban J connectivity index is 0.000000612. The first-order valence-corrected chi connectivity index (χ1v) is 9.55. The fraction of sp³-hybridized carbons (Fsp3) is 0.300. The fourth-order valence-corrected chi connectivity index (χ4v) is 2.54. The van der Waals surface area contributed by atoms with Crippen molar-refractivity contribution >= 4 is 46.6 Å². The van der Waals surface area contributed by atoms with Crippen molar-refractivity contribution < 1.29 is 23.8 Å². The van der Waals surface area contributed by atoms with Crippen LogP contribution < -0.4 is 11.1 Å². The van der Waals surface area contributed by atoms with E-state index in [1.54, 1.807) is 37.3 Å². The lowest BCUT2D eigenvalue weighted by molar-refractivity contribution is -0.0273. The first kappa shape index (κ1) is 24.6. The Morgan fingerprint density at radius 2 is 1.72 bits per heavy atom. The van der Waals surface area contributed by atoms with Gasteiger partial charge in [-0.05, 0) is 44.5 Å². The van der Waals surface area contributed by atoms with Gasteiger partial charge in [0.25, 0.3) is 0 Å². The normalized spacial score (nSPS) is 9.83. The quantitative estimate of drug-likeness (QED) is 0.342. The highest BCUT2D eigenvalue weighted by Crippen LogP contribution is 2.36. The maximum Gasteiger partial charge on any atom is 0.404 e. The van der Waals surface area contributed by atoms with Crippen LogP contribution in [0.5, 0.6) is 0 Å². The van der Waals surface area contributed by atoms with Gasteiger partial charge in [0, 0.05) is 6.61 Å². The van der Waals surface area contributed by atoms with Gasteiger partial charge in [0.15, 0.2) is 6.79 Å². The molecule has 2 aromatic rings. The summed E-state index contributed by atoms with van der Waals surface area (Å²) in [6, 6.07) is 10.6. The lowest BCUT2D eigenvalue weighted by atomic mass is 10.1. The van der Waals surface area contributed by atoms with Crippen LogP contribution in [0, 0.1) is 6.92 Å². The van der Waals surface area contributed by atoms with Crippen LogP contribution in [0.1, 0.15) is 29.8 Å². The van der Waals surface area contributed by atoms with E-state index in [4.69, 9.17) is 32.7 Å². The molecule has 0 heterocycles. The summed E-state index contributed by atoms with van der Waals surface area (Å²) in [4.78, 5) is 21.8. The Hall–Kier alpha value is -2.48. The van der Waals surface area contributed by atoms with Crippen molar-refractivity contribution in [1.82, 2.24) is 0 Å². The molecule has 0 fully saturated rings. The van der Waals surface area contributed by atoms with E-state index in [1.165, 1.54) is 0 Å². The highest BCUT2D eigenvalue weighted by Gasteiger charge is 2.15.